The van der Waals surface area contributed by atoms with Crippen LogP contribution in [0.5, 0.6) is 5.75 Å². The number of aromatic hydroxyl groups is 1. The van der Waals surface area contributed by atoms with E-state index >= 15 is 0 Å². The van der Waals surface area contributed by atoms with Gasteiger partial charge < -0.3 is 10.4 Å². The number of rotatable bonds is 3. The minimum Gasteiger partial charge on any atom is -0.505 e. The normalized spacial score (nSPS) is 11.1. The number of amides is 1. The van der Waals surface area contributed by atoms with Crippen LogP contribution in [-0.4, -0.2) is 11.0 Å². The zero-order valence-corrected chi connectivity index (χ0v) is 8.77. The second-order valence-electron chi connectivity index (χ2n) is 3.04. The van der Waals surface area contributed by atoms with Crippen molar-refractivity contribution in [1.29, 1.82) is 0 Å². The Morgan fingerprint density at radius 1 is 1.44 bits per heavy atom. The molecular weight excluding hydrogens is 209 g/mol. The van der Waals surface area contributed by atoms with Crippen LogP contribution in [0, 0.1) is 5.82 Å². The molecule has 2 N–H and O–H groups in total. The average molecular weight is 221 g/mol. The molecule has 0 atom stereocenters. The van der Waals surface area contributed by atoms with Gasteiger partial charge in [0.05, 0.1) is 0 Å². The fourth-order valence-electron chi connectivity index (χ4n) is 1.02. The average Bonchev–Trinajstić information content (AvgIpc) is 2.24. The van der Waals surface area contributed by atoms with Gasteiger partial charge in [0.2, 0.25) is 5.91 Å². The summed E-state index contributed by atoms with van der Waals surface area (Å²) in [7, 11) is 0. The van der Waals surface area contributed by atoms with Crippen molar-refractivity contribution in [3.8, 4) is 5.75 Å². The van der Waals surface area contributed by atoms with E-state index < -0.39 is 11.6 Å². The summed E-state index contributed by atoms with van der Waals surface area (Å²) in [5.41, 5.74) is 0.297. The number of allylic oxidation sites excluding steroid dienone is 3. The highest BCUT2D eigenvalue weighted by molar-refractivity contribution is 5.99. The van der Waals surface area contributed by atoms with Gasteiger partial charge in [0, 0.05) is 17.8 Å². The number of carbonyl (C=O) groups is 1. The number of anilines is 1. The van der Waals surface area contributed by atoms with E-state index in [1.165, 1.54) is 18.2 Å². The molecule has 16 heavy (non-hydrogen) atoms. The summed E-state index contributed by atoms with van der Waals surface area (Å²) in [6.45, 7) is 1.83. The van der Waals surface area contributed by atoms with Gasteiger partial charge in [-0.1, -0.05) is 18.2 Å². The summed E-state index contributed by atoms with van der Waals surface area (Å²) in [6, 6.07) is 3.65. The van der Waals surface area contributed by atoms with Gasteiger partial charge in [-0.25, -0.2) is 4.39 Å². The zero-order chi connectivity index (χ0) is 12.0. The third kappa shape index (κ3) is 3.57. The molecule has 0 bridgehead atoms. The predicted octanol–water partition coefficient (Wildman–Crippen LogP) is 2.60. The molecule has 0 aliphatic heterocycles. The second kappa shape index (κ2) is 5.70. The molecule has 1 rings (SSSR count). The quantitative estimate of drug-likeness (QED) is 0.468. The maximum absolute atomic E-state index is 12.9. The van der Waals surface area contributed by atoms with Crippen molar-refractivity contribution in [1.82, 2.24) is 0 Å². The van der Waals surface area contributed by atoms with Gasteiger partial charge in [-0.15, -0.1) is 0 Å². The van der Waals surface area contributed by atoms with Gasteiger partial charge in [-0.05, 0) is 19.1 Å². The maximum Gasteiger partial charge on any atom is 0.248 e. The van der Waals surface area contributed by atoms with Crippen LogP contribution in [0.25, 0.3) is 0 Å². The number of carbonyl (C=O) groups excluding carboxylic acids is 1. The lowest BCUT2D eigenvalue weighted by Gasteiger charge is -2.02. The lowest BCUT2D eigenvalue weighted by atomic mass is 10.3. The minimum absolute atomic E-state index is 0.297. The van der Waals surface area contributed by atoms with E-state index in [9.17, 15) is 9.18 Å². The number of hydrogen-bond acceptors (Lipinski definition) is 2. The van der Waals surface area contributed by atoms with E-state index in [1.807, 2.05) is 6.92 Å². The molecular formula is C12H12FNO2. The molecule has 0 unspecified atom stereocenters. The first-order valence-corrected chi connectivity index (χ1v) is 4.72. The van der Waals surface area contributed by atoms with E-state index in [-0.39, 0.29) is 5.91 Å². The van der Waals surface area contributed by atoms with E-state index in [4.69, 9.17) is 5.11 Å². The van der Waals surface area contributed by atoms with Gasteiger partial charge in [0.15, 0.2) is 11.6 Å². The Labute approximate surface area is 92.9 Å². The number of phenols is 1. The predicted molar refractivity (Wildman–Crippen MR) is 60.6 cm³/mol. The van der Waals surface area contributed by atoms with Gasteiger partial charge in [-0.2, -0.15) is 0 Å². The number of hydrogen-bond donors (Lipinski definition) is 2. The molecule has 1 aromatic rings. The van der Waals surface area contributed by atoms with Crippen LogP contribution in [-0.2, 0) is 4.79 Å². The van der Waals surface area contributed by atoms with Crippen LogP contribution in [0.1, 0.15) is 6.92 Å². The van der Waals surface area contributed by atoms with E-state index in [1.54, 1.807) is 18.2 Å². The van der Waals surface area contributed by atoms with Crippen LogP contribution in [0.2, 0.25) is 0 Å². The summed E-state index contributed by atoms with van der Waals surface area (Å²) in [5.74, 6) is -1.57. The Hall–Kier alpha value is -2.10. The molecule has 3 nitrogen and oxygen atoms in total. The van der Waals surface area contributed by atoms with Crippen LogP contribution in [0.4, 0.5) is 10.1 Å². The highest BCUT2D eigenvalue weighted by atomic mass is 19.1. The second-order valence-corrected chi connectivity index (χ2v) is 3.04. The number of benzene rings is 1. The SMILES string of the molecule is CC=CC=CC(=O)Nc1ccc(O)c(F)c1. The van der Waals surface area contributed by atoms with E-state index in [0.717, 1.165) is 6.07 Å². The molecule has 4 heteroatoms. The molecule has 0 aromatic heterocycles. The zero-order valence-electron chi connectivity index (χ0n) is 8.77. The van der Waals surface area contributed by atoms with Gasteiger partial charge in [0.1, 0.15) is 0 Å². The number of halogens is 1. The lowest BCUT2D eigenvalue weighted by Crippen LogP contribution is -2.07. The Bertz CT molecular complexity index is 439. The van der Waals surface area contributed by atoms with E-state index in [2.05, 4.69) is 5.32 Å². The molecule has 0 saturated carbocycles. The third-order valence-corrected chi connectivity index (χ3v) is 1.77. The third-order valence-electron chi connectivity index (χ3n) is 1.77. The Kier molecular flexibility index (Phi) is 4.27. The molecule has 1 aromatic carbocycles. The molecule has 0 heterocycles. The van der Waals surface area contributed by atoms with Crippen LogP contribution >= 0.6 is 0 Å². The molecule has 0 saturated heterocycles. The van der Waals surface area contributed by atoms with Crippen molar-refractivity contribution in [2.45, 2.75) is 6.92 Å². The molecule has 0 spiro atoms. The van der Waals surface area contributed by atoms with E-state index in [0.29, 0.717) is 5.69 Å². The summed E-state index contributed by atoms with van der Waals surface area (Å²) >= 11 is 0. The molecule has 0 aliphatic rings. The highest BCUT2D eigenvalue weighted by Gasteiger charge is 2.02. The summed E-state index contributed by atoms with van der Waals surface area (Å²) in [4.78, 5) is 11.3. The standard InChI is InChI=1S/C12H12FNO2/c1-2-3-4-5-12(16)14-9-6-7-11(15)10(13)8-9/h2-8,15H,1H3,(H,14,16). The topological polar surface area (TPSA) is 49.3 Å². The first-order chi connectivity index (χ1) is 7.63. The van der Waals surface area contributed by atoms with Crippen LogP contribution in [0.3, 0.4) is 0 Å². The molecule has 1 amide bonds. The molecule has 0 aliphatic carbocycles. The van der Waals surface area contributed by atoms with Gasteiger partial charge >= 0.3 is 0 Å². The number of nitrogens with one attached hydrogen (secondary N) is 1. The Balaban J connectivity index is 2.66. The van der Waals surface area contributed by atoms with Crippen LogP contribution < -0.4 is 5.32 Å². The maximum atomic E-state index is 12.9. The fraction of sp³-hybridized carbons (Fsp3) is 0.0833. The Morgan fingerprint density at radius 2 is 2.19 bits per heavy atom. The first kappa shape index (κ1) is 12.0. The molecule has 0 fully saturated rings. The highest BCUT2D eigenvalue weighted by Crippen LogP contribution is 2.19. The Morgan fingerprint density at radius 3 is 2.81 bits per heavy atom. The molecule has 0 radical (unpaired) electrons. The van der Waals surface area contributed by atoms with Gasteiger partial charge in [-0.3, -0.25) is 4.79 Å². The first-order valence-electron chi connectivity index (χ1n) is 4.72. The number of phenolic OH excluding ortho intramolecular Hbond substituents is 1. The van der Waals surface area contributed by atoms with Crippen molar-refractivity contribution in [2.24, 2.45) is 0 Å². The minimum atomic E-state index is -0.768. The largest absolute Gasteiger partial charge is 0.505 e. The molecule has 84 valence electrons. The van der Waals surface area contributed by atoms with Gasteiger partial charge in [0.25, 0.3) is 0 Å². The van der Waals surface area contributed by atoms with Crippen molar-refractivity contribution in [3.05, 3.63) is 48.3 Å². The van der Waals surface area contributed by atoms with Crippen molar-refractivity contribution < 1.29 is 14.3 Å². The smallest absolute Gasteiger partial charge is 0.248 e. The van der Waals surface area contributed by atoms with Crippen LogP contribution in [0.15, 0.2) is 42.5 Å². The lowest BCUT2D eigenvalue weighted by molar-refractivity contribution is -0.111. The monoisotopic (exact) mass is 221 g/mol. The fourth-order valence-corrected chi connectivity index (χ4v) is 1.02. The van der Waals surface area contributed by atoms with Crippen molar-refractivity contribution in [3.63, 3.8) is 0 Å². The summed E-state index contributed by atoms with van der Waals surface area (Å²) in [5, 5.41) is 11.4. The van der Waals surface area contributed by atoms with Crippen molar-refractivity contribution >= 4 is 11.6 Å². The summed E-state index contributed by atoms with van der Waals surface area (Å²) < 4.78 is 12.9. The van der Waals surface area contributed by atoms with Crippen molar-refractivity contribution in [2.75, 3.05) is 5.32 Å². The summed E-state index contributed by atoms with van der Waals surface area (Å²) in [6.07, 6.45) is 6.39.